The van der Waals surface area contributed by atoms with Crippen LogP contribution >= 0.6 is 15.9 Å². The SMILES string of the molecule is CCNc1ncnc(Nc2cc(Br)c(F)cc2C)c1CC. The number of rotatable bonds is 5. The van der Waals surface area contributed by atoms with E-state index in [9.17, 15) is 4.39 Å². The molecule has 1 heterocycles. The van der Waals surface area contributed by atoms with Crippen molar-refractivity contribution in [3.05, 3.63) is 39.9 Å². The molecule has 4 nitrogen and oxygen atoms in total. The Hall–Kier alpha value is -1.69. The fraction of sp³-hybridized carbons (Fsp3) is 0.333. The van der Waals surface area contributed by atoms with Crippen molar-refractivity contribution in [3.8, 4) is 0 Å². The van der Waals surface area contributed by atoms with E-state index >= 15 is 0 Å². The molecule has 0 saturated carbocycles. The lowest BCUT2D eigenvalue weighted by molar-refractivity contribution is 0.620. The topological polar surface area (TPSA) is 49.8 Å². The van der Waals surface area contributed by atoms with Crippen LogP contribution in [0.1, 0.15) is 25.0 Å². The molecule has 1 aromatic carbocycles. The lowest BCUT2D eigenvalue weighted by atomic mass is 10.1. The summed E-state index contributed by atoms with van der Waals surface area (Å²) in [6.07, 6.45) is 2.32. The van der Waals surface area contributed by atoms with E-state index in [2.05, 4.69) is 43.5 Å². The number of hydrogen-bond acceptors (Lipinski definition) is 4. The van der Waals surface area contributed by atoms with E-state index in [0.717, 1.165) is 41.4 Å². The van der Waals surface area contributed by atoms with E-state index in [0.29, 0.717) is 4.47 Å². The number of halogens is 2. The molecule has 21 heavy (non-hydrogen) atoms. The highest BCUT2D eigenvalue weighted by Crippen LogP contribution is 2.29. The molecule has 0 unspecified atom stereocenters. The van der Waals surface area contributed by atoms with E-state index in [4.69, 9.17) is 0 Å². The van der Waals surface area contributed by atoms with E-state index in [1.165, 1.54) is 12.4 Å². The van der Waals surface area contributed by atoms with Crippen LogP contribution in [0.25, 0.3) is 0 Å². The van der Waals surface area contributed by atoms with Gasteiger partial charge in [-0.3, -0.25) is 0 Å². The van der Waals surface area contributed by atoms with Gasteiger partial charge in [0.2, 0.25) is 0 Å². The van der Waals surface area contributed by atoms with E-state index in [1.807, 2.05) is 13.8 Å². The number of nitrogens with one attached hydrogen (secondary N) is 2. The van der Waals surface area contributed by atoms with Crippen molar-refractivity contribution >= 4 is 33.3 Å². The molecule has 2 aromatic rings. The molecule has 0 radical (unpaired) electrons. The molecule has 2 rings (SSSR count). The molecule has 6 heteroatoms. The van der Waals surface area contributed by atoms with Crippen LogP contribution in [0.2, 0.25) is 0 Å². The Balaban J connectivity index is 2.40. The first kappa shape index (κ1) is 15.7. The lowest BCUT2D eigenvalue weighted by Crippen LogP contribution is -2.08. The van der Waals surface area contributed by atoms with Crippen LogP contribution in [0.15, 0.2) is 22.9 Å². The van der Waals surface area contributed by atoms with Crippen LogP contribution in [0, 0.1) is 12.7 Å². The molecule has 112 valence electrons. The summed E-state index contributed by atoms with van der Waals surface area (Å²) >= 11 is 3.21. The summed E-state index contributed by atoms with van der Waals surface area (Å²) in [5.41, 5.74) is 2.65. The largest absolute Gasteiger partial charge is 0.370 e. The average Bonchev–Trinajstić information content (AvgIpc) is 2.45. The van der Waals surface area contributed by atoms with Gasteiger partial charge in [0, 0.05) is 17.8 Å². The molecular weight excluding hydrogens is 335 g/mol. The normalized spacial score (nSPS) is 10.5. The van der Waals surface area contributed by atoms with Gasteiger partial charge in [-0.1, -0.05) is 6.92 Å². The second kappa shape index (κ2) is 6.85. The summed E-state index contributed by atoms with van der Waals surface area (Å²) < 4.78 is 13.9. The van der Waals surface area contributed by atoms with Gasteiger partial charge in [-0.15, -0.1) is 0 Å². The first-order valence-corrected chi connectivity index (χ1v) is 7.66. The van der Waals surface area contributed by atoms with E-state index in [1.54, 1.807) is 6.07 Å². The predicted molar refractivity (Wildman–Crippen MR) is 87.7 cm³/mol. The maximum absolute atomic E-state index is 13.5. The van der Waals surface area contributed by atoms with Crippen molar-refractivity contribution in [3.63, 3.8) is 0 Å². The molecule has 0 saturated heterocycles. The molecule has 2 N–H and O–H groups in total. The Kier molecular flexibility index (Phi) is 5.12. The minimum absolute atomic E-state index is 0.273. The monoisotopic (exact) mass is 352 g/mol. The van der Waals surface area contributed by atoms with Crippen molar-refractivity contribution < 1.29 is 4.39 Å². The van der Waals surface area contributed by atoms with Gasteiger partial charge in [-0.05, 0) is 53.9 Å². The first-order valence-electron chi connectivity index (χ1n) is 6.87. The average molecular weight is 353 g/mol. The van der Waals surface area contributed by atoms with Crippen LogP contribution in [0.3, 0.4) is 0 Å². The van der Waals surface area contributed by atoms with Crippen LogP contribution < -0.4 is 10.6 Å². The number of nitrogens with zero attached hydrogens (tertiary/aromatic N) is 2. The van der Waals surface area contributed by atoms with Gasteiger partial charge in [0.15, 0.2) is 0 Å². The zero-order valence-corrected chi connectivity index (χ0v) is 13.9. The van der Waals surface area contributed by atoms with Crippen LogP contribution in [0.5, 0.6) is 0 Å². The number of aromatic nitrogens is 2. The van der Waals surface area contributed by atoms with E-state index in [-0.39, 0.29) is 5.82 Å². The third kappa shape index (κ3) is 3.50. The number of benzene rings is 1. The molecule has 0 bridgehead atoms. The van der Waals surface area contributed by atoms with Crippen molar-refractivity contribution in [2.24, 2.45) is 0 Å². The number of hydrogen-bond donors (Lipinski definition) is 2. The van der Waals surface area contributed by atoms with Gasteiger partial charge >= 0.3 is 0 Å². The Morgan fingerprint density at radius 1 is 1.19 bits per heavy atom. The quantitative estimate of drug-likeness (QED) is 0.835. The summed E-state index contributed by atoms with van der Waals surface area (Å²) in [5.74, 6) is 1.30. The maximum Gasteiger partial charge on any atom is 0.139 e. The summed E-state index contributed by atoms with van der Waals surface area (Å²) in [6.45, 7) is 6.73. The second-order valence-corrected chi connectivity index (χ2v) is 5.49. The smallest absolute Gasteiger partial charge is 0.139 e. The van der Waals surface area contributed by atoms with Crippen molar-refractivity contribution in [2.75, 3.05) is 17.2 Å². The number of anilines is 3. The highest BCUT2D eigenvalue weighted by Gasteiger charge is 2.12. The van der Waals surface area contributed by atoms with Gasteiger partial charge in [-0.25, -0.2) is 14.4 Å². The highest BCUT2D eigenvalue weighted by atomic mass is 79.9. The lowest BCUT2D eigenvalue weighted by Gasteiger charge is -2.15. The third-order valence-corrected chi connectivity index (χ3v) is 3.77. The molecule has 0 spiro atoms. The summed E-state index contributed by atoms with van der Waals surface area (Å²) in [4.78, 5) is 8.57. The minimum atomic E-state index is -0.273. The molecule has 0 aliphatic heterocycles. The van der Waals surface area contributed by atoms with Crippen LogP contribution in [0.4, 0.5) is 21.7 Å². The van der Waals surface area contributed by atoms with Gasteiger partial charge in [0.25, 0.3) is 0 Å². The fourth-order valence-corrected chi connectivity index (χ4v) is 2.43. The second-order valence-electron chi connectivity index (χ2n) is 4.64. The standard InChI is InChI=1S/C15H18BrFN4/c1-4-10-14(18-5-2)19-8-20-15(10)21-13-7-11(16)12(17)6-9(13)3/h6-8H,4-5H2,1-3H3,(H2,18,19,20,21). The molecule has 0 aliphatic rings. The van der Waals surface area contributed by atoms with Crippen LogP contribution in [-0.4, -0.2) is 16.5 Å². The number of aryl methyl sites for hydroxylation is 1. The summed E-state index contributed by atoms with van der Waals surface area (Å²) in [7, 11) is 0. The molecule has 0 aliphatic carbocycles. The van der Waals surface area contributed by atoms with Crippen molar-refractivity contribution in [1.82, 2.24) is 9.97 Å². The van der Waals surface area contributed by atoms with Crippen LogP contribution in [-0.2, 0) is 6.42 Å². The molecule has 0 atom stereocenters. The van der Waals surface area contributed by atoms with Crippen molar-refractivity contribution in [2.45, 2.75) is 27.2 Å². The molecule has 0 fully saturated rings. The Morgan fingerprint density at radius 2 is 1.90 bits per heavy atom. The zero-order chi connectivity index (χ0) is 15.4. The summed E-state index contributed by atoms with van der Waals surface area (Å²) in [6, 6.07) is 3.21. The predicted octanol–water partition coefficient (Wildman–Crippen LogP) is 4.42. The highest BCUT2D eigenvalue weighted by molar-refractivity contribution is 9.10. The van der Waals surface area contributed by atoms with Gasteiger partial charge in [-0.2, -0.15) is 0 Å². The van der Waals surface area contributed by atoms with Crippen molar-refractivity contribution in [1.29, 1.82) is 0 Å². The van der Waals surface area contributed by atoms with Gasteiger partial charge in [0.1, 0.15) is 23.8 Å². The third-order valence-electron chi connectivity index (χ3n) is 3.16. The summed E-state index contributed by atoms with van der Waals surface area (Å²) in [5, 5.41) is 6.50. The Bertz CT molecular complexity index is 646. The maximum atomic E-state index is 13.5. The minimum Gasteiger partial charge on any atom is -0.370 e. The zero-order valence-electron chi connectivity index (χ0n) is 12.3. The molecule has 0 amide bonds. The van der Waals surface area contributed by atoms with Gasteiger partial charge in [0.05, 0.1) is 4.47 Å². The molecular formula is C15H18BrFN4. The first-order chi connectivity index (χ1) is 10.1. The Morgan fingerprint density at radius 3 is 2.57 bits per heavy atom. The van der Waals surface area contributed by atoms with Gasteiger partial charge < -0.3 is 10.6 Å². The van der Waals surface area contributed by atoms with E-state index < -0.39 is 0 Å². The fourth-order valence-electron chi connectivity index (χ4n) is 2.08. The molecule has 1 aromatic heterocycles. The Labute approximate surface area is 132 Å².